The highest BCUT2D eigenvalue weighted by Gasteiger charge is 2.20. The molecule has 0 heterocycles. The molecule has 0 N–H and O–H groups in total. The van der Waals surface area contributed by atoms with Crippen molar-refractivity contribution in [3.63, 3.8) is 0 Å². The minimum absolute atomic E-state index is 0.0489. The first kappa shape index (κ1) is 18.6. The molecule has 0 aliphatic carbocycles. The Morgan fingerprint density at radius 2 is 1.50 bits per heavy atom. The Kier molecular flexibility index (Phi) is 6.49. The predicted octanol–water partition coefficient (Wildman–Crippen LogP) is 5.43. The summed E-state index contributed by atoms with van der Waals surface area (Å²) in [7, 11) is 0. The van der Waals surface area contributed by atoms with Gasteiger partial charge in [0.1, 0.15) is 0 Å². The van der Waals surface area contributed by atoms with Gasteiger partial charge in [0.15, 0.2) is 5.75 Å². The third-order valence-corrected chi connectivity index (χ3v) is 4.00. The minimum atomic E-state index is -0.751. The fraction of sp³-hybridized carbons (Fsp3) is 0.176. The number of carbonyl (C=O) groups excluding carboxylic acids is 2. The van der Waals surface area contributed by atoms with Gasteiger partial charge < -0.3 is 9.47 Å². The van der Waals surface area contributed by atoms with E-state index in [0.29, 0.717) is 6.42 Å². The summed E-state index contributed by atoms with van der Waals surface area (Å²) in [6.07, 6.45) is 0.678. The monoisotopic (exact) mass is 386 g/mol. The van der Waals surface area contributed by atoms with Gasteiger partial charge in [0, 0.05) is 6.07 Å². The van der Waals surface area contributed by atoms with Crippen LogP contribution < -0.4 is 4.74 Å². The Hall–Kier alpha value is -1.75. The van der Waals surface area contributed by atoms with Crippen molar-refractivity contribution in [2.24, 2.45) is 0 Å². The molecule has 0 amide bonds. The van der Waals surface area contributed by atoms with Crippen LogP contribution in [0.15, 0.2) is 36.4 Å². The van der Waals surface area contributed by atoms with Crippen molar-refractivity contribution in [1.82, 2.24) is 0 Å². The van der Waals surface area contributed by atoms with Gasteiger partial charge in [-0.15, -0.1) is 0 Å². The van der Waals surface area contributed by atoms with Crippen molar-refractivity contribution >= 4 is 46.7 Å². The Labute approximate surface area is 154 Å². The molecule has 126 valence electrons. The lowest BCUT2D eigenvalue weighted by Crippen LogP contribution is -2.16. The topological polar surface area (TPSA) is 52.6 Å². The third-order valence-electron chi connectivity index (χ3n) is 2.98. The van der Waals surface area contributed by atoms with Crippen molar-refractivity contribution in [1.29, 1.82) is 0 Å². The number of carbonyl (C=O) groups is 2. The number of hydrogen-bond acceptors (Lipinski definition) is 4. The molecule has 0 aliphatic rings. The number of hydrogen-bond donors (Lipinski definition) is 0. The first-order valence-electron chi connectivity index (χ1n) is 7.07. The van der Waals surface area contributed by atoms with Crippen molar-refractivity contribution in [3.8, 4) is 5.75 Å². The van der Waals surface area contributed by atoms with Gasteiger partial charge in [-0.1, -0.05) is 53.9 Å². The van der Waals surface area contributed by atoms with Crippen LogP contribution in [-0.2, 0) is 4.74 Å². The highest BCUT2D eigenvalue weighted by atomic mass is 35.5. The maximum Gasteiger partial charge on any atom is 0.344 e. The van der Waals surface area contributed by atoms with Crippen molar-refractivity contribution in [2.45, 2.75) is 13.3 Å². The van der Waals surface area contributed by atoms with E-state index in [2.05, 4.69) is 0 Å². The average Bonchev–Trinajstić information content (AvgIpc) is 2.57. The Morgan fingerprint density at radius 1 is 0.917 bits per heavy atom. The summed E-state index contributed by atoms with van der Waals surface area (Å²) in [4.78, 5) is 24.4. The summed E-state index contributed by atoms with van der Waals surface area (Å²) in [5.41, 5.74) is 0.188. The van der Waals surface area contributed by atoms with E-state index in [-0.39, 0.29) is 38.6 Å². The third kappa shape index (κ3) is 4.41. The molecular formula is C17H13Cl3O4. The van der Waals surface area contributed by atoms with E-state index < -0.39 is 11.9 Å². The van der Waals surface area contributed by atoms with Crippen LogP contribution >= 0.6 is 34.8 Å². The molecule has 2 rings (SSSR count). The Bertz CT molecular complexity index is 774. The summed E-state index contributed by atoms with van der Waals surface area (Å²) in [5, 5.41) is 0.563. The standard InChI is InChI=1S/C17H13Cl3O4/c1-2-7-23-16(21)10-5-3-4-6-11(10)17(22)24-15-9-13(19)12(18)8-14(15)20/h3-6,8-9H,2,7H2,1H3. The highest BCUT2D eigenvalue weighted by molar-refractivity contribution is 6.43. The lowest BCUT2D eigenvalue weighted by Gasteiger charge is -2.10. The molecule has 0 spiro atoms. The van der Waals surface area contributed by atoms with E-state index >= 15 is 0 Å². The number of halogens is 3. The molecule has 0 saturated carbocycles. The van der Waals surface area contributed by atoms with Gasteiger partial charge in [0.05, 0.1) is 32.8 Å². The van der Waals surface area contributed by atoms with Gasteiger partial charge in [-0.25, -0.2) is 9.59 Å². The molecule has 7 heteroatoms. The second-order valence-corrected chi connectivity index (χ2v) is 5.99. The molecule has 4 nitrogen and oxygen atoms in total. The summed E-state index contributed by atoms with van der Waals surface area (Å²) >= 11 is 17.7. The van der Waals surface area contributed by atoms with Crippen molar-refractivity contribution in [3.05, 3.63) is 62.6 Å². The van der Waals surface area contributed by atoms with Crippen LogP contribution in [0.4, 0.5) is 0 Å². The van der Waals surface area contributed by atoms with Gasteiger partial charge >= 0.3 is 11.9 Å². The van der Waals surface area contributed by atoms with Crippen LogP contribution in [0.5, 0.6) is 5.75 Å². The fourth-order valence-electron chi connectivity index (χ4n) is 1.85. The van der Waals surface area contributed by atoms with Crippen molar-refractivity contribution in [2.75, 3.05) is 6.61 Å². The summed E-state index contributed by atoms with van der Waals surface area (Å²) in [5.74, 6) is -1.29. The number of esters is 2. The van der Waals surface area contributed by atoms with Gasteiger partial charge in [0.25, 0.3) is 0 Å². The molecule has 0 aliphatic heterocycles. The van der Waals surface area contributed by atoms with Crippen LogP contribution in [-0.4, -0.2) is 18.5 Å². The average molecular weight is 388 g/mol. The molecule has 0 saturated heterocycles. The lowest BCUT2D eigenvalue weighted by molar-refractivity contribution is 0.0496. The number of benzene rings is 2. The number of rotatable bonds is 5. The largest absolute Gasteiger partial charge is 0.462 e. The predicted molar refractivity (Wildman–Crippen MR) is 93.4 cm³/mol. The lowest BCUT2D eigenvalue weighted by atomic mass is 10.1. The Morgan fingerprint density at radius 3 is 2.12 bits per heavy atom. The smallest absolute Gasteiger partial charge is 0.344 e. The normalized spacial score (nSPS) is 10.3. The molecule has 0 bridgehead atoms. The molecule has 0 fully saturated rings. The summed E-state index contributed by atoms with van der Waals surface area (Å²) < 4.78 is 10.3. The molecule has 0 aromatic heterocycles. The SMILES string of the molecule is CCCOC(=O)c1ccccc1C(=O)Oc1cc(Cl)c(Cl)cc1Cl. The highest BCUT2D eigenvalue weighted by Crippen LogP contribution is 2.34. The maximum absolute atomic E-state index is 12.4. The van der Waals surface area contributed by atoms with Gasteiger partial charge in [-0.3, -0.25) is 0 Å². The van der Waals surface area contributed by atoms with E-state index in [0.717, 1.165) is 0 Å². The second kappa shape index (κ2) is 8.38. The zero-order valence-corrected chi connectivity index (χ0v) is 14.9. The molecule has 2 aromatic rings. The van der Waals surface area contributed by atoms with E-state index in [1.54, 1.807) is 12.1 Å². The maximum atomic E-state index is 12.4. The summed E-state index contributed by atoms with van der Waals surface area (Å²) in [6.45, 7) is 2.14. The van der Waals surface area contributed by atoms with E-state index in [1.165, 1.54) is 24.3 Å². The van der Waals surface area contributed by atoms with Crippen LogP contribution in [0, 0.1) is 0 Å². The Balaban J connectivity index is 2.28. The molecule has 0 atom stereocenters. The van der Waals surface area contributed by atoms with Crippen LogP contribution in [0.3, 0.4) is 0 Å². The van der Waals surface area contributed by atoms with E-state index in [4.69, 9.17) is 44.3 Å². The number of ether oxygens (including phenoxy) is 2. The van der Waals surface area contributed by atoms with E-state index in [9.17, 15) is 9.59 Å². The fourth-order valence-corrected chi connectivity index (χ4v) is 2.42. The second-order valence-electron chi connectivity index (χ2n) is 4.77. The molecule has 0 radical (unpaired) electrons. The van der Waals surface area contributed by atoms with Gasteiger partial charge in [-0.05, 0) is 24.6 Å². The summed E-state index contributed by atoms with van der Waals surface area (Å²) in [6, 6.07) is 8.91. The first-order valence-corrected chi connectivity index (χ1v) is 8.20. The molecule has 2 aromatic carbocycles. The van der Waals surface area contributed by atoms with Gasteiger partial charge in [-0.2, -0.15) is 0 Å². The molecule has 24 heavy (non-hydrogen) atoms. The quantitative estimate of drug-likeness (QED) is 0.390. The van der Waals surface area contributed by atoms with Crippen LogP contribution in [0.25, 0.3) is 0 Å². The molecular weight excluding hydrogens is 375 g/mol. The zero-order chi connectivity index (χ0) is 17.7. The van der Waals surface area contributed by atoms with Gasteiger partial charge in [0.2, 0.25) is 0 Å². The first-order chi connectivity index (χ1) is 11.4. The minimum Gasteiger partial charge on any atom is -0.462 e. The van der Waals surface area contributed by atoms with Crippen LogP contribution in [0.2, 0.25) is 15.1 Å². The zero-order valence-electron chi connectivity index (χ0n) is 12.6. The van der Waals surface area contributed by atoms with Crippen molar-refractivity contribution < 1.29 is 19.1 Å². The van der Waals surface area contributed by atoms with Crippen LogP contribution in [0.1, 0.15) is 34.1 Å². The molecule has 0 unspecified atom stereocenters. The van der Waals surface area contributed by atoms with E-state index in [1.807, 2.05) is 6.92 Å².